The fourth-order valence-electron chi connectivity index (χ4n) is 3.36. The molecular formula is C23H24ClNO2S. The Bertz CT molecular complexity index is 995. The number of hydrogen-bond acceptors (Lipinski definition) is 2. The molecule has 0 fully saturated rings. The molecule has 0 aliphatic carbocycles. The molecule has 0 unspecified atom stereocenters. The van der Waals surface area contributed by atoms with Crippen LogP contribution < -0.4 is 4.72 Å². The Balaban J connectivity index is 1.78. The van der Waals surface area contributed by atoms with Crippen molar-refractivity contribution in [1.29, 1.82) is 0 Å². The second-order valence-electron chi connectivity index (χ2n) is 6.93. The summed E-state index contributed by atoms with van der Waals surface area (Å²) in [4.78, 5) is 0.283. The lowest BCUT2D eigenvalue weighted by molar-refractivity contribution is 0.574. The normalized spacial score (nSPS) is 11.7. The van der Waals surface area contributed by atoms with Crippen LogP contribution >= 0.6 is 11.6 Å². The molecule has 0 spiro atoms. The van der Waals surface area contributed by atoms with E-state index in [4.69, 9.17) is 11.6 Å². The number of aryl methyl sites for hydroxylation is 2. The molecule has 0 aromatic heterocycles. The largest absolute Gasteiger partial charge is 0.240 e. The fourth-order valence-corrected chi connectivity index (χ4v) is 4.93. The molecule has 0 saturated carbocycles. The molecule has 3 aromatic carbocycles. The van der Waals surface area contributed by atoms with E-state index in [2.05, 4.69) is 29.0 Å². The van der Waals surface area contributed by atoms with Gasteiger partial charge in [-0.1, -0.05) is 72.3 Å². The molecular weight excluding hydrogens is 390 g/mol. The highest BCUT2D eigenvalue weighted by atomic mass is 35.5. The molecule has 0 radical (unpaired) electrons. The van der Waals surface area contributed by atoms with Crippen molar-refractivity contribution in [1.82, 2.24) is 4.72 Å². The van der Waals surface area contributed by atoms with E-state index in [0.29, 0.717) is 23.6 Å². The molecule has 0 atom stereocenters. The van der Waals surface area contributed by atoms with Crippen molar-refractivity contribution in [3.05, 3.63) is 100 Å². The monoisotopic (exact) mass is 413 g/mol. The Morgan fingerprint density at radius 1 is 0.857 bits per heavy atom. The van der Waals surface area contributed by atoms with Crippen LogP contribution in [0, 0.1) is 13.8 Å². The third-order valence-corrected chi connectivity index (χ3v) is 6.88. The molecule has 0 aliphatic heterocycles. The molecule has 0 bridgehead atoms. The molecule has 1 N–H and O–H groups in total. The van der Waals surface area contributed by atoms with Gasteiger partial charge < -0.3 is 0 Å². The Kier molecular flexibility index (Phi) is 6.55. The SMILES string of the molecule is Cc1cc(S(=O)(=O)NCCC(c2ccccc2)c2ccccc2)c(C)cc1Cl. The quantitative estimate of drug-likeness (QED) is 0.559. The van der Waals surface area contributed by atoms with Crippen molar-refractivity contribution in [2.45, 2.75) is 31.1 Å². The van der Waals surface area contributed by atoms with Crippen LogP contribution in [0.4, 0.5) is 0 Å². The number of sulfonamides is 1. The van der Waals surface area contributed by atoms with Crippen molar-refractivity contribution in [3.63, 3.8) is 0 Å². The minimum atomic E-state index is -3.60. The van der Waals surface area contributed by atoms with E-state index < -0.39 is 10.0 Å². The zero-order valence-electron chi connectivity index (χ0n) is 16.0. The van der Waals surface area contributed by atoms with Gasteiger partial charge >= 0.3 is 0 Å². The molecule has 0 saturated heterocycles. The number of nitrogens with one attached hydrogen (secondary N) is 1. The summed E-state index contributed by atoms with van der Waals surface area (Å²) in [7, 11) is -3.60. The second-order valence-corrected chi connectivity index (χ2v) is 9.07. The van der Waals surface area contributed by atoms with E-state index in [0.717, 1.165) is 5.56 Å². The highest BCUT2D eigenvalue weighted by Gasteiger charge is 2.20. The van der Waals surface area contributed by atoms with Gasteiger partial charge in [-0.3, -0.25) is 0 Å². The Morgan fingerprint density at radius 2 is 1.39 bits per heavy atom. The summed E-state index contributed by atoms with van der Waals surface area (Å²) in [5.74, 6) is 0.123. The third-order valence-electron chi connectivity index (χ3n) is 4.87. The van der Waals surface area contributed by atoms with Gasteiger partial charge in [-0.05, 0) is 54.7 Å². The summed E-state index contributed by atoms with van der Waals surface area (Å²) in [5.41, 5.74) is 3.74. The van der Waals surface area contributed by atoms with Crippen molar-refractivity contribution < 1.29 is 8.42 Å². The van der Waals surface area contributed by atoms with Crippen molar-refractivity contribution in [3.8, 4) is 0 Å². The van der Waals surface area contributed by atoms with Crippen LogP contribution in [-0.4, -0.2) is 15.0 Å². The Labute approximate surface area is 172 Å². The first-order valence-corrected chi connectivity index (χ1v) is 11.1. The molecule has 3 aromatic rings. The lowest BCUT2D eigenvalue weighted by Gasteiger charge is -2.19. The lowest BCUT2D eigenvalue weighted by atomic mass is 9.89. The van der Waals surface area contributed by atoms with E-state index in [9.17, 15) is 8.42 Å². The van der Waals surface area contributed by atoms with Gasteiger partial charge in [0.2, 0.25) is 10.0 Å². The number of halogens is 1. The third kappa shape index (κ3) is 4.82. The standard InChI is InChI=1S/C23H24ClNO2S/c1-17-16-23(18(2)15-22(17)24)28(26,27)25-14-13-21(19-9-5-3-6-10-19)20-11-7-4-8-12-20/h3-12,15-16,21,25H,13-14H2,1-2H3. The average molecular weight is 414 g/mol. The van der Waals surface area contributed by atoms with Gasteiger partial charge in [0.15, 0.2) is 0 Å². The first-order valence-electron chi connectivity index (χ1n) is 9.25. The van der Waals surface area contributed by atoms with Gasteiger partial charge in [0.05, 0.1) is 4.90 Å². The lowest BCUT2D eigenvalue weighted by Crippen LogP contribution is -2.27. The zero-order chi connectivity index (χ0) is 20.1. The summed E-state index contributed by atoms with van der Waals surface area (Å²) in [5, 5.41) is 0.574. The Hall–Kier alpha value is -2.14. The van der Waals surface area contributed by atoms with Crippen LogP contribution in [0.2, 0.25) is 5.02 Å². The van der Waals surface area contributed by atoms with Gasteiger partial charge in [-0.15, -0.1) is 0 Å². The summed E-state index contributed by atoms with van der Waals surface area (Å²) in [6, 6.07) is 23.7. The molecule has 5 heteroatoms. The van der Waals surface area contributed by atoms with Gasteiger partial charge in [-0.25, -0.2) is 13.1 Å². The summed E-state index contributed by atoms with van der Waals surface area (Å²) in [6.07, 6.45) is 0.666. The minimum absolute atomic E-state index is 0.123. The molecule has 3 rings (SSSR count). The summed E-state index contributed by atoms with van der Waals surface area (Å²) >= 11 is 6.10. The topological polar surface area (TPSA) is 46.2 Å². The van der Waals surface area contributed by atoms with Crippen LogP contribution in [-0.2, 0) is 10.0 Å². The predicted octanol–water partition coefficient (Wildman–Crippen LogP) is 5.46. The smallest absolute Gasteiger partial charge is 0.211 e. The maximum atomic E-state index is 12.8. The average Bonchev–Trinajstić information content (AvgIpc) is 2.69. The van der Waals surface area contributed by atoms with E-state index >= 15 is 0 Å². The second kappa shape index (κ2) is 8.91. The molecule has 28 heavy (non-hydrogen) atoms. The van der Waals surface area contributed by atoms with E-state index in [-0.39, 0.29) is 10.8 Å². The van der Waals surface area contributed by atoms with Crippen molar-refractivity contribution >= 4 is 21.6 Å². The highest BCUT2D eigenvalue weighted by molar-refractivity contribution is 7.89. The van der Waals surface area contributed by atoms with Gasteiger partial charge in [-0.2, -0.15) is 0 Å². The van der Waals surface area contributed by atoms with Gasteiger partial charge in [0.25, 0.3) is 0 Å². The molecule has 0 heterocycles. The molecule has 0 aliphatic rings. The van der Waals surface area contributed by atoms with E-state index in [1.807, 2.05) is 43.3 Å². The molecule has 3 nitrogen and oxygen atoms in total. The van der Waals surface area contributed by atoms with E-state index in [1.165, 1.54) is 11.1 Å². The first kappa shape index (κ1) is 20.6. The number of hydrogen-bond donors (Lipinski definition) is 1. The maximum Gasteiger partial charge on any atom is 0.240 e. The number of rotatable bonds is 7. The van der Waals surface area contributed by atoms with Crippen LogP contribution in [0.3, 0.4) is 0 Å². The molecule has 0 amide bonds. The minimum Gasteiger partial charge on any atom is -0.211 e. The van der Waals surface area contributed by atoms with Crippen molar-refractivity contribution in [2.24, 2.45) is 0 Å². The molecule has 146 valence electrons. The van der Waals surface area contributed by atoms with Crippen molar-refractivity contribution in [2.75, 3.05) is 6.54 Å². The van der Waals surface area contributed by atoms with E-state index in [1.54, 1.807) is 19.1 Å². The van der Waals surface area contributed by atoms with Crippen LogP contribution in [0.25, 0.3) is 0 Å². The summed E-state index contributed by atoms with van der Waals surface area (Å²) < 4.78 is 28.4. The van der Waals surface area contributed by atoms with Crippen LogP contribution in [0.15, 0.2) is 77.7 Å². The zero-order valence-corrected chi connectivity index (χ0v) is 17.6. The van der Waals surface area contributed by atoms with Gasteiger partial charge in [0.1, 0.15) is 0 Å². The van der Waals surface area contributed by atoms with Crippen LogP contribution in [0.1, 0.15) is 34.6 Å². The Morgan fingerprint density at radius 3 is 1.93 bits per heavy atom. The fraction of sp³-hybridized carbons (Fsp3) is 0.217. The van der Waals surface area contributed by atoms with Crippen LogP contribution in [0.5, 0.6) is 0 Å². The summed E-state index contributed by atoms with van der Waals surface area (Å²) in [6.45, 7) is 3.91. The van der Waals surface area contributed by atoms with Gasteiger partial charge in [0, 0.05) is 17.5 Å². The number of benzene rings is 3. The highest BCUT2D eigenvalue weighted by Crippen LogP contribution is 2.28. The first-order chi connectivity index (χ1) is 13.4. The maximum absolute atomic E-state index is 12.8. The predicted molar refractivity (Wildman–Crippen MR) is 115 cm³/mol.